The third-order valence-corrected chi connectivity index (χ3v) is 4.75. The van der Waals surface area contributed by atoms with Crippen LogP contribution < -0.4 is 10.1 Å². The van der Waals surface area contributed by atoms with Crippen molar-refractivity contribution < 1.29 is 19.4 Å². The number of carbonyl (C=O) groups excluding carboxylic acids is 1. The Bertz CT molecular complexity index is 774. The van der Waals surface area contributed by atoms with Crippen LogP contribution >= 0.6 is 0 Å². The van der Waals surface area contributed by atoms with Gasteiger partial charge in [0, 0.05) is 0 Å². The Morgan fingerprint density at radius 3 is 2.52 bits per heavy atom. The molecule has 3 rings (SSSR count). The molecule has 1 aliphatic rings. The SMILES string of the molecule is CCC(NC(=O)C1COc2ccccc2C1)(C(=O)O)c1ccccc1. The van der Waals surface area contributed by atoms with Gasteiger partial charge in [-0.05, 0) is 30.0 Å². The quantitative estimate of drug-likeness (QED) is 0.878. The second kappa shape index (κ2) is 6.97. The Morgan fingerprint density at radius 2 is 1.84 bits per heavy atom. The van der Waals surface area contributed by atoms with Gasteiger partial charge in [-0.25, -0.2) is 4.79 Å². The minimum Gasteiger partial charge on any atom is -0.492 e. The number of nitrogens with one attached hydrogen (secondary N) is 1. The summed E-state index contributed by atoms with van der Waals surface area (Å²) in [6, 6.07) is 16.4. The first-order valence-corrected chi connectivity index (χ1v) is 8.38. The summed E-state index contributed by atoms with van der Waals surface area (Å²) >= 11 is 0. The maximum Gasteiger partial charge on any atom is 0.334 e. The molecule has 0 aromatic heterocycles. The third-order valence-electron chi connectivity index (χ3n) is 4.75. The van der Waals surface area contributed by atoms with Crippen LogP contribution in [0, 0.1) is 5.92 Å². The zero-order valence-electron chi connectivity index (χ0n) is 14.1. The number of carbonyl (C=O) groups is 2. The maximum atomic E-state index is 12.8. The average molecular weight is 339 g/mol. The van der Waals surface area contributed by atoms with E-state index in [2.05, 4.69) is 5.32 Å². The third kappa shape index (κ3) is 3.22. The van der Waals surface area contributed by atoms with Crippen LogP contribution in [0.5, 0.6) is 5.75 Å². The summed E-state index contributed by atoms with van der Waals surface area (Å²) in [5, 5.41) is 12.6. The van der Waals surface area contributed by atoms with Gasteiger partial charge in [0.05, 0.1) is 5.92 Å². The number of para-hydroxylation sites is 1. The lowest BCUT2D eigenvalue weighted by atomic mass is 9.86. The van der Waals surface area contributed by atoms with Crippen molar-refractivity contribution in [3.05, 3.63) is 65.7 Å². The molecule has 2 atom stereocenters. The highest BCUT2D eigenvalue weighted by molar-refractivity contribution is 5.89. The second-order valence-corrected chi connectivity index (χ2v) is 6.24. The molecule has 5 heteroatoms. The number of fused-ring (bicyclic) bond motifs is 1. The highest BCUT2D eigenvalue weighted by atomic mass is 16.5. The fourth-order valence-corrected chi connectivity index (χ4v) is 3.22. The van der Waals surface area contributed by atoms with E-state index in [-0.39, 0.29) is 18.9 Å². The van der Waals surface area contributed by atoms with Crippen molar-refractivity contribution in [2.45, 2.75) is 25.3 Å². The molecular formula is C20H21NO4. The molecule has 130 valence electrons. The summed E-state index contributed by atoms with van der Waals surface area (Å²) in [4.78, 5) is 24.8. The fraction of sp³-hybridized carbons (Fsp3) is 0.300. The Morgan fingerprint density at radius 1 is 1.16 bits per heavy atom. The molecule has 0 radical (unpaired) electrons. The van der Waals surface area contributed by atoms with E-state index in [0.717, 1.165) is 11.3 Å². The molecule has 2 unspecified atom stereocenters. The zero-order chi connectivity index (χ0) is 17.9. The summed E-state index contributed by atoms with van der Waals surface area (Å²) in [5.74, 6) is -0.993. The number of amides is 1. The zero-order valence-corrected chi connectivity index (χ0v) is 14.1. The predicted molar refractivity (Wildman–Crippen MR) is 93.3 cm³/mol. The first-order chi connectivity index (χ1) is 12.1. The Kier molecular flexibility index (Phi) is 4.74. The highest BCUT2D eigenvalue weighted by Gasteiger charge is 2.42. The molecule has 5 nitrogen and oxygen atoms in total. The Hall–Kier alpha value is -2.82. The topological polar surface area (TPSA) is 75.6 Å². The van der Waals surface area contributed by atoms with Gasteiger partial charge in [-0.2, -0.15) is 0 Å². The van der Waals surface area contributed by atoms with Crippen LogP contribution in [0.4, 0.5) is 0 Å². The highest BCUT2D eigenvalue weighted by Crippen LogP contribution is 2.30. The summed E-state index contributed by atoms with van der Waals surface area (Å²) < 4.78 is 5.66. The monoisotopic (exact) mass is 339 g/mol. The predicted octanol–water partition coefficient (Wildman–Crippen LogP) is 2.74. The van der Waals surface area contributed by atoms with E-state index >= 15 is 0 Å². The van der Waals surface area contributed by atoms with Gasteiger partial charge in [0.2, 0.25) is 5.91 Å². The van der Waals surface area contributed by atoms with E-state index < -0.39 is 17.4 Å². The first kappa shape index (κ1) is 17.0. The number of aliphatic carboxylic acids is 1. The first-order valence-electron chi connectivity index (χ1n) is 8.38. The second-order valence-electron chi connectivity index (χ2n) is 6.24. The maximum absolute atomic E-state index is 12.8. The summed E-state index contributed by atoms with van der Waals surface area (Å²) in [6.07, 6.45) is 0.790. The number of benzene rings is 2. The van der Waals surface area contributed by atoms with Gasteiger partial charge < -0.3 is 15.2 Å². The van der Waals surface area contributed by atoms with E-state index in [4.69, 9.17) is 4.74 Å². The van der Waals surface area contributed by atoms with Gasteiger partial charge in [0.1, 0.15) is 12.4 Å². The van der Waals surface area contributed by atoms with Crippen LogP contribution in [0.2, 0.25) is 0 Å². The number of carboxylic acid groups (broad SMARTS) is 1. The van der Waals surface area contributed by atoms with Crippen LogP contribution in [-0.4, -0.2) is 23.6 Å². The Labute approximate surface area is 146 Å². The van der Waals surface area contributed by atoms with Crippen molar-refractivity contribution in [3.8, 4) is 5.75 Å². The van der Waals surface area contributed by atoms with Crippen LogP contribution in [0.3, 0.4) is 0 Å². The molecular weight excluding hydrogens is 318 g/mol. The van der Waals surface area contributed by atoms with Crippen LogP contribution in [0.15, 0.2) is 54.6 Å². The van der Waals surface area contributed by atoms with Crippen LogP contribution in [-0.2, 0) is 21.5 Å². The van der Waals surface area contributed by atoms with Crippen LogP contribution in [0.25, 0.3) is 0 Å². The lowest BCUT2D eigenvalue weighted by molar-refractivity contribution is -0.149. The molecule has 0 spiro atoms. The van der Waals surface area contributed by atoms with Gasteiger partial charge >= 0.3 is 5.97 Å². The molecule has 0 bridgehead atoms. The number of hydrogen-bond donors (Lipinski definition) is 2. The molecule has 1 aliphatic heterocycles. The molecule has 2 aromatic carbocycles. The molecule has 2 aromatic rings. The van der Waals surface area contributed by atoms with E-state index in [0.29, 0.717) is 12.0 Å². The molecule has 2 N–H and O–H groups in total. The lowest BCUT2D eigenvalue weighted by Gasteiger charge is -2.33. The molecule has 1 heterocycles. The molecule has 0 fully saturated rings. The summed E-state index contributed by atoms with van der Waals surface area (Å²) in [7, 11) is 0. The molecule has 0 saturated heterocycles. The summed E-state index contributed by atoms with van der Waals surface area (Å²) in [6.45, 7) is 2.01. The summed E-state index contributed by atoms with van der Waals surface area (Å²) in [5.41, 5.74) is 0.0940. The van der Waals surface area contributed by atoms with E-state index in [1.165, 1.54) is 0 Å². The minimum atomic E-state index is -1.44. The smallest absolute Gasteiger partial charge is 0.334 e. The number of rotatable bonds is 5. The van der Waals surface area contributed by atoms with Gasteiger partial charge in [-0.1, -0.05) is 55.5 Å². The van der Waals surface area contributed by atoms with E-state index in [9.17, 15) is 14.7 Å². The standard InChI is InChI=1S/C20H21NO4/c1-2-20(19(23)24,16-9-4-3-5-10-16)21-18(22)15-12-14-8-6-7-11-17(14)25-13-15/h3-11,15H,2,12-13H2,1H3,(H,21,22)(H,23,24). The van der Waals surface area contributed by atoms with Crippen molar-refractivity contribution >= 4 is 11.9 Å². The molecule has 0 aliphatic carbocycles. The number of ether oxygens (including phenoxy) is 1. The van der Waals surface area contributed by atoms with Gasteiger partial charge in [0.15, 0.2) is 5.54 Å². The fourth-order valence-electron chi connectivity index (χ4n) is 3.22. The lowest BCUT2D eigenvalue weighted by Crippen LogP contribution is -2.54. The van der Waals surface area contributed by atoms with Crippen molar-refractivity contribution in [2.24, 2.45) is 5.92 Å². The average Bonchev–Trinajstić information content (AvgIpc) is 2.66. The van der Waals surface area contributed by atoms with E-state index in [1.807, 2.05) is 30.3 Å². The minimum absolute atomic E-state index is 0.247. The van der Waals surface area contributed by atoms with Crippen molar-refractivity contribution in [1.82, 2.24) is 5.32 Å². The van der Waals surface area contributed by atoms with E-state index in [1.54, 1.807) is 31.2 Å². The molecule has 1 amide bonds. The van der Waals surface area contributed by atoms with Crippen LogP contribution in [0.1, 0.15) is 24.5 Å². The molecule has 0 saturated carbocycles. The Balaban J connectivity index is 1.83. The molecule has 25 heavy (non-hydrogen) atoms. The van der Waals surface area contributed by atoms with Gasteiger partial charge in [-0.3, -0.25) is 4.79 Å². The van der Waals surface area contributed by atoms with Gasteiger partial charge in [-0.15, -0.1) is 0 Å². The number of carboxylic acids is 1. The largest absolute Gasteiger partial charge is 0.492 e. The van der Waals surface area contributed by atoms with Gasteiger partial charge in [0.25, 0.3) is 0 Å². The van der Waals surface area contributed by atoms with Crippen molar-refractivity contribution in [3.63, 3.8) is 0 Å². The van der Waals surface area contributed by atoms with Crippen molar-refractivity contribution in [1.29, 1.82) is 0 Å². The number of hydrogen-bond acceptors (Lipinski definition) is 3. The normalized spacial score (nSPS) is 18.4. The van der Waals surface area contributed by atoms with Crippen molar-refractivity contribution in [2.75, 3.05) is 6.61 Å².